The van der Waals surface area contributed by atoms with Crippen LogP contribution in [-0.4, -0.2) is 24.2 Å². The smallest absolute Gasteiger partial charge is 0.251 e. The van der Waals surface area contributed by atoms with E-state index in [1.165, 1.54) is 0 Å². The van der Waals surface area contributed by atoms with E-state index in [1.807, 2.05) is 19.1 Å². The number of hydrogen-bond donors (Lipinski definition) is 2. The fourth-order valence-electron chi connectivity index (χ4n) is 1.69. The Balaban J connectivity index is 2.87. The average Bonchev–Trinajstić information content (AvgIpc) is 2.43. The molecule has 2 N–H and O–H groups in total. The molecular weight excluding hydrogens is 262 g/mol. The van der Waals surface area contributed by atoms with Crippen molar-refractivity contribution in [3.8, 4) is 11.8 Å². The van der Waals surface area contributed by atoms with Gasteiger partial charge in [0.1, 0.15) is 6.61 Å². The fourth-order valence-corrected chi connectivity index (χ4v) is 1.69. The largest absolute Gasteiger partial charge is 0.384 e. The first-order valence-corrected chi connectivity index (χ1v) is 7.26. The Kier molecular flexibility index (Phi) is 5.99. The van der Waals surface area contributed by atoms with Crippen LogP contribution in [0.25, 0.3) is 0 Å². The molecule has 0 unspecified atom stereocenters. The molecule has 21 heavy (non-hydrogen) atoms. The Labute approximate surface area is 127 Å². The van der Waals surface area contributed by atoms with Crippen LogP contribution in [0.5, 0.6) is 0 Å². The molecule has 1 aromatic carbocycles. The van der Waals surface area contributed by atoms with Gasteiger partial charge in [-0.3, -0.25) is 4.79 Å². The van der Waals surface area contributed by atoms with Gasteiger partial charge in [0.05, 0.1) is 0 Å². The van der Waals surface area contributed by atoms with E-state index in [0.29, 0.717) is 18.0 Å². The quantitative estimate of drug-likeness (QED) is 0.837. The number of aryl methyl sites for hydroxylation is 1. The minimum atomic E-state index is -0.183. The lowest BCUT2D eigenvalue weighted by Gasteiger charge is -2.29. The second-order valence-electron chi connectivity index (χ2n) is 6.32. The van der Waals surface area contributed by atoms with Gasteiger partial charge < -0.3 is 10.4 Å². The van der Waals surface area contributed by atoms with Crippen LogP contribution in [0.15, 0.2) is 18.2 Å². The Morgan fingerprint density at radius 1 is 1.38 bits per heavy atom. The molecule has 1 aromatic rings. The van der Waals surface area contributed by atoms with E-state index in [9.17, 15) is 4.79 Å². The van der Waals surface area contributed by atoms with Gasteiger partial charge in [0, 0.05) is 17.7 Å². The molecule has 0 aromatic heterocycles. The predicted molar refractivity (Wildman–Crippen MR) is 86.1 cm³/mol. The molecule has 0 aliphatic heterocycles. The molecule has 0 aliphatic rings. The Morgan fingerprint density at radius 2 is 2.05 bits per heavy atom. The van der Waals surface area contributed by atoms with Crippen LogP contribution < -0.4 is 5.32 Å². The molecule has 0 atom stereocenters. The summed E-state index contributed by atoms with van der Waals surface area (Å²) in [7, 11) is 0. The Hall–Kier alpha value is -1.79. The molecule has 0 spiro atoms. The van der Waals surface area contributed by atoms with Crippen molar-refractivity contribution in [1.82, 2.24) is 5.32 Å². The van der Waals surface area contributed by atoms with Gasteiger partial charge in [0.2, 0.25) is 0 Å². The topological polar surface area (TPSA) is 49.3 Å². The van der Waals surface area contributed by atoms with Crippen molar-refractivity contribution < 1.29 is 9.90 Å². The zero-order valence-corrected chi connectivity index (χ0v) is 13.6. The predicted octanol–water partition coefficient (Wildman–Crippen LogP) is 2.75. The van der Waals surface area contributed by atoms with E-state index < -0.39 is 0 Å². The number of amides is 1. The van der Waals surface area contributed by atoms with Gasteiger partial charge in [-0.1, -0.05) is 45.6 Å². The maximum absolute atomic E-state index is 12.4. The molecule has 0 saturated heterocycles. The summed E-state index contributed by atoms with van der Waals surface area (Å²) in [6.07, 6.45) is 0. The van der Waals surface area contributed by atoms with Crippen LogP contribution in [0, 0.1) is 30.1 Å². The summed E-state index contributed by atoms with van der Waals surface area (Å²) in [6, 6.07) is 5.51. The molecule has 0 radical (unpaired) electrons. The molecule has 0 saturated carbocycles. The lowest BCUT2D eigenvalue weighted by Crippen LogP contribution is -2.37. The number of carbonyl (C=O) groups is 1. The monoisotopic (exact) mass is 287 g/mol. The minimum absolute atomic E-state index is 0.0534. The van der Waals surface area contributed by atoms with Crippen LogP contribution in [0.4, 0.5) is 0 Å². The molecule has 114 valence electrons. The SMILES string of the molecule is Cc1ccc(C#CCO)cc1C(=O)NCC(C)(C)C(C)C. The van der Waals surface area contributed by atoms with Gasteiger partial charge in [-0.2, -0.15) is 0 Å². The van der Waals surface area contributed by atoms with Gasteiger partial charge in [0.25, 0.3) is 5.91 Å². The Bertz CT molecular complexity index is 562. The van der Waals surface area contributed by atoms with Crippen molar-refractivity contribution in [2.45, 2.75) is 34.6 Å². The number of carbonyl (C=O) groups excluding carboxylic acids is 1. The Morgan fingerprint density at radius 3 is 2.62 bits per heavy atom. The van der Waals surface area contributed by atoms with Crippen LogP contribution in [0.3, 0.4) is 0 Å². The van der Waals surface area contributed by atoms with E-state index in [-0.39, 0.29) is 17.9 Å². The third-order valence-electron chi connectivity index (χ3n) is 4.06. The lowest BCUT2D eigenvalue weighted by atomic mass is 9.81. The number of nitrogens with one attached hydrogen (secondary N) is 1. The normalized spacial score (nSPS) is 11.0. The van der Waals surface area contributed by atoms with Crippen molar-refractivity contribution in [3.05, 3.63) is 34.9 Å². The van der Waals surface area contributed by atoms with E-state index in [4.69, 9.17) is 5.11 Å². The summed E-state index contributed by atoms with van der Waals surface area (Å²) >= 11 is 0. The molecule has 1 rings (SSSR count). The highest BCUT2D eigenvalue weighted by molar-refractivity contribution is 5.96. The first kappa shape index (κ1) is 17.3. The molecular formula is C18H25NO2. The number of hydrogen-bond acceptors (Lipinski definition) is 2. The molecule has 1 amide bonds. The summed E-state index contributed by atoms with van der Waals surface area (Å²) in [5.41, 5.74) is 2.35. The van der Waals surface area contributed by atoms with E-state index in [0.717, 1.165) is 11.1 Å². The van der Waals surface area contributed by atoms with Crippen molar-refractivity contribution >= 4 is 5.91 Å². The van der Waals surface area contributed by atoms with Crippen LogP contribution >= 0.6 is 0 Å². The van der Waals surface area contributed by atoms with Crippen molar-refractivity contribution in [3.63, 3.8) is 0 Å². The second kappa shape index (κ2) is 7.28. The number of rotatable bonds is 4. The summed E-state index contributed by atoms with van der Waals surface area (Å²) < 4.78 is 0. The van der Waals surface area contributed by atoms with E-state index >= 15 is 0 Å². The lowest BCUT2D eigenvalue weighted by molar-refractivity contribution is 0.0924. The van der Waals surface area contributed by atoms with Crippen molar-refractivity contribution in [2.24, 2.45) is 11.3 Å². The summed E-state index contributed by atoms with van der Waals surface area (Å²) in [5.74, 6) is 5.83. The van der Waals surface area contributed by atoms with E-state index in [2.05, 4.69) is 44.9 Å². The second-order valence-corrected chi connectivity index (χ2v) is 6.32. The van der Waals surface area contributed by atoms with Crippen molar-refractivity contribution in [2.75, 3.05) is 13.2 Å². The first-order valence-electron chi connectivity index (χ1n) is 7.26. The average molecular weight is 287 g/mol. The maximum Gasteiger partial charge on any atom is 0.251 e. The van der Waals surface area contributed by atoms with E-state index in [1.54, 1.807) is 6.07 Å². The maximum atomic E-state index is 12.4. The molecule has 3 nitrogen and oxygen atoms in total. The number of aliphatic hydroxyl groups is 1. The van der Waals surface area contributed by atoms with Crippen LogP contribution in [0.2, 0.25) is 0 Å². The standard InChI is InChI=1S/C18H25NO2/c1-13(2)18(4,5)12-19-17(21)16-11-15(7-6-10-20)9-8-14(16)3/h8-9,11,13,20H,10,12H2,1-5H3,(H,19,21). The zero-order chi connectivity index (χ0) is 16.0. The highest BCUT2D eigenvalue weighted by atomic mass is 16.2. The summed E-state index contributed by atoms with van der Waals surface area (Å²) in [6.45, 7) is 11.0. The first-order chi connectivity index (χ1) is 9.77. The minimum Gasteiger partial charge on any atom is -0.384 e. The highest BCUT2D eigenvalue weighted by Crippen LogP contribution is 2.24. The summed E-state index contributed by atoms with van der Waals surface area (Å²) in [5, 5.41) is 11.7. The van der Waals surface area contributed by atoms with Gasteiger partial charge in [-0.15, -0.1) is 0 Å². The number of aliphatic hydroxyl groups excluding tert-OH is 1. The highest BCUT2D eigenvalue weighted by Gasteiger charge is 2.23. The number of benzene rings is 1. The summed E-state index contributed by atoms with van der Waals surface area (Å²) in [4.78, 5) is 12.4. The van der Waals surface area contributed by atoms with Crippen LogP contribution in [0.1, 0.15) is 49.2 Å². The van der Waals surface area contributed by atoms with Crippen molar-refractivity contribution in [1.29, 1.82) is 0 Å². The van der Waals surface area contributed by atoms with Gasteiger partial charge >= 0.3 is 0 Å². The van der Waals surface area contributed by atoms with Gasteiger partial charge in [0.15, 0.2) is 0 Å². The van der Waals surface area contributed by atoms with Gasteiger partial charge in [-0.25, -0.2) is 0 Å². The third kappa shape index (κ3) is 4.91. The molecule has 0 aliphatic carbocycles. The van der Waals surface area contributed by atoms with Gasteiger partial charge in [-0.05, 0) is 36.0 Å². The third-order valence-corrected chi connectivity index (χ3v) is 4.06. The van der Waals surface area contributed by atoms with Crippen LogP contribution in [-0.2, 0) is 0 Å². The molecule has 0 heterocycles. The molecule has 3 heteroatoms. The molecule has 0 bridgehead atoms. The molecule has 0 fully saturated rings. The zero-order valence-electron chi connectivity index (χ0n) is 13.6. The fraction of sp³-hybridized carbons (Fsp3) is 0.500.